The summed E-state index contributed by atoms with van der Waals surface area (Å²) in [6, 6.07) is 15.2. The lowest BCUT2D eigenvalue weighted by molar-refractivity contribution is 0.248. The predicted molar refractivity (Wildman–Crippen MR) is 124 cm³/mol. The molecular weight excluding hydrogens is 428 g/mol. The molecule has 0 N–H and O–H groups in total. The maximum Gasteiger partial charge on any atom is 0.336 e. The van der Waals surface area contributed by atoms with Crippen LogP contribution in [-0.2, 0) is 13.0 Å². The molecule has 5 rings (SSSR count). The molecule has 164 valence electrons. The van der Waals surface area contributed by atoms with E-state index in [9.17, 15) is 4.79 Å². The molecule has 0 saturated carbocycles. The molecule has 1 saturated heterocycles. The molecule has 1 aliphatic heterocycles. The lowest BCUT2D eigenvalue weighted by Crippen LogP contribution is -2.47. The lowest BCUT2D eigenvalue weighted by Gasteiger charge is -2.34. The lowest BCUT2D eigenvalue weighted by atomic mass is 10.1. The number of aromatic nitrogens is 4. The van der Waals surface area contributed by atoms with Crippen LogP contribution in [0.5, 0.6) is 0 Å². The second kappa shape index (κ2) is 8.72. The molecule has 8 nitrogen and oxygen atoms in total. The van der Waals surface area contributed by atoms with Crippen molar-refractivity contribution in [2.24, 2.45) is 0 Å². The summed E-state index contributed by atoms with van der Waals surface area (Å²) in [7, 11) is 0. The molecule has 0 unspecified atom stereocenters. The van der Waals surface area contributed by atoms with Gasteiger partial charge in [0.15, 0.2) is 0 Å². The van der Waals surface area contributed by atoms with Crippen LogP contribution < -0.4 is 10.5 Å². The number of aryl methyl sites for hydroxylation is 1. The van der Waals surface area contributed by atoms with Crippen molar-refractivity contribution in [2.75, 3.05) is 31.1 Å². The molecule has 2 aromatic carbocycles. The van der Waals surface area contributed by atoms with Crippen LogP contribution in [0.25, 0.3) is 16.7 Å². The van der Waals surface area contributed by atoms with Gasteiger partial charge in [0.05, 0.1) is 5.69 Å². The summed E-state index contributed by atoms with van der Waals surface area (Å²) in [6.07, 6.45) is 0.785. The number of para-hydroxylation sites is 1. The zero-order valence-corrected chi connectivity index (χ0v) is 18.5. The Morgan fingerprint density at radius 2 is 1.81 bits per heavy atom. The summed E-state index contributed by atoms with van der Waals surface area (Å²) in [5.74, 6) is 0.737. The fraction of sp³-hybridized carbons (Fsp3) is 0.304. The number of hydrogen-bond donors (Lipinski definition) is 0. The monoisotopic (exact) mass is 450 g/mol. The van der Waals surface area contributed by atoms with Crippen molar-refractivity contribution >= 4 is 28.5 Å². The second-order valence-electron chi connectivity index (χ2n) is 7.87. The third-order valence-electron chi connectivity index (χ3n) is 5.88. The van der Waals surface area contributed by atoms with E-state index in [1.54, 1.807) is 10.7 Å². The van der Waals surface area contributed by atoms with Gasteiger partial charge in [0.1, 0.15) is 5.58 Å². The highest BCUT2D eigenvalue weighted by molar-refractivity contribution is 6.32. The molecule has 9 heteroatoms. The zero-order chi connectivity index (χ0) is 22.1. The van der Waals surface area contributed by atoms with Gasteiger partial charge in [-0.05, 0) is 52.2 Å². The van der Waals surface area contributed by atoms with Crippen molar-refractivity contribution < 1.29 is 4.42 Å². The first kappa shape index (κ1) is 20.7. The van der Waals surface area contributed by atoms with E-state index in [1.165, 1.54) is 0 Å². The van der Waals surface area contributed by atoms with Crippen LogP contribution in [0.2, 0.25) is 5.02 Å². The number of tetrazole rings is 1. The largest absolute Gasteiger partial charge is 0.423 e. The molecule has 0 spiro atoms. The molecule has 0 amide bonds. The standard InChI is InChI=1S/C23H23ClN6O2/c1-2-16-12-21-19(14-20(16)24)17(13-22(31)32-21)15-28-8-10-29(11-9-28)23-25-26-27-30(23)18-6-4-3-5-7-18/h3-7,12-14H,2,8-11,15H2,1H3. The Kier molecular flexibility index (Phi) is 5.63. The molecule has 4 aromatic rings. The minimum Gasteiger partial charge on any atom is -0.423 e. The van der Waals surface area contributed by atoms with E-state index in [4.69, 9.17) is 16.0 Å². The van der Waals surface area contributed by atoms with Gasteiger partial charge < -0.3 is 9.32 Å². The molecule has 0 radical (unpaired) electrons. The van der Waals surface area contributed by atoms with Crippen molar-refractivity contribution in [2.45, 2.75) is 19.9 Å². The van der Waals surface area contributed by atoms with Crippen molar-refractivity contribution in [1.29, 1.82) is 0 Å². The fourth-order valence-corrected chi connectivity index (χ4v) is 4.45. The molecule has 2 aromatic heterocycles. The maximum absolute atomic E-state index is 12.2. The second-order valence-corrected chi connectivity index (χ2v) is 8.28. The summed E-state index contributed by atoms with van der Waals surface area (Å²) in [4.78, 5) is 16.7. The van der Waals surface area contributed by atoms with E-state index < -0.39 is 0 Å². The van der Waals surface area contributed by atoms with Crippen molar-refractivity contribution in [3.8, 4) is 5.69 Å². The highest BCUT2D eigenvalue weighted by Gasteiger charge is 2.23. The normalized spacial score (nSPS) is 14.9. The minimum absolute atomic E-state index is 0.336. The Morgan fingerprint density at radius 1 is 1.03 bits per heavy atom. The first-order chi connectivity index (χ1) is 15.6. The van der Waals surface area contributed by atoms with Crippen LogP contribution in [0.15, 0.2) is 57.7 Å². The quantitative estimate of drug-likeness (QED) is 0.431. The third kappa shape index (κ3) is 3.99. The molecule has 0 bridgehead atoms. The summed E-state index contributed by atoms with van der Waals surface area (Å²) >= 11 is 6.44. The number of piperazine rings is 1. The molecular formula is C23H23ClN6O2. The predicted octanol–water partition coefficient (Wildman–Crippen LogP) is 3.31. The Labute approximate surface area is 190 Å². The minimum atomic E-state index is -0.336. The Morgan fingerprint density at radius 3 is 2.56 bits per heavy atom. The van der Waals surface area contributed by atoms with E-state index in [1.807, 2.05) is 49.4 Å². The van der Waals surface area contributed by atoms with E-state index in [-0.39, 0.29) is 5.63 Å². The van der Waals surface area contributed by atoms with Gasteiger partial charge in [-0.25, -0.2) is 4.79 Å². The summed E-state index contributed by atoms with van der Waals surface area (Å²) in [5, 5.41) is 13.9. The number of benzene rings is 2. The van der Waals surface area contributed by atoms with Crippen LogP contribution >= 0.6 is 11.6 Å². The molecule has 1 fully saturated rings. The van der Waals surface area contributed by atoms with Crippen LogP contribution in [0.1, 0.15) is 18.1 Å². The summed E-state index contributed by atoms with van der Waals surface area (Å²) in [6.45, 7) is 5.90. The van der Waals surface area contributed by atoms with Crippen molar-refractivity contribution in [1.82, 2.24) is 25.1 Å². The van der Waals surface area contributed by atoms with E-state index >= 15 is 0 Å². The maximum atomic E-state index is 12.2. The topological polar surface area (TPSA) is 80.3 Å². The zero-order valence-electron chi connectivity index (χ0n) is 17.7. The number of halogens is 1. The number of anilines is 1. The van der Waals surface area contributed by atoms with Gasteiger partial charge in [-0.2, -0.15) is 4.68 Å². The van der Waals surface area contributed by atoms with Gasteiger partial charge in [0.2, 0.25) is 5.95 Å². The van der Waals surface area contributed by atoms with Crippen molar-refractivity contribution in [3.63, 3.8) is 0 Å². The number of rotatable bonds is 5. The average Bonchev–Trinajstić information content (AvgIpc) is 3.30. The van der Waals surface area contributed by atoms with Crippen LogP contribution in [0, 0.1) is 0 Å². The number of nitrogens with zero attached hydrogens (tertiary/aromatic N) is 6. The SMILES string of the molecule is CCc1cc2oc(=O)cc(CN3CCN(c4nnnn4-c4ccccc4)CC3)c2cc1Cl. The smallest absolute Gasteiger partial charge is 0.336 e. The summed E-state index contributed by atoms with van der Waals surface area (Å²) in [5.41, 5.74) is 3.10. The van der Waals surface area contributed by atoms with Gasteiger partial charge in [0, 0.05) is 49.2 Å². The van der Waals surface area contributed by atoms with Crippen LogP contribution in [0.3, 0.4) is 0 Å². The van der Waals surface area contributed by atoms with Crippen LogP contribution in [-0.4, -0.2) is 51.3 Å². The van der Waals surface area contributed by atoms with Crippen LogP contribution in [0.4, 0.5) is 5.95 Å². The summed E-state index contributed by atoms with van der Waals surface area (Å²) < 4.78 is 7.21. The van der Waals surface area contributed by atoms with Gasteiger partial charge >= 0.3 is 5.63 Å². The molecule has 1 aliphatic rings. The van der Waals surface area contributed by atoms with Gasteiger partial charge in [-0.15, -0.1) is 0 Å². The van der Waals surface area contributed by atoms with E-state index in [0.717, 1.165) is 60.7 Å². The first-order valence-electron chi connectivity index (χ1n) is 10.7. The Balaban J connectivity index is 1.33. The highest BCUT2D eigenvalue weighted by Crippen LogP contribution is 2.27. The van der Waals surface area contributed by atoms with Gasteiger partial charge in [0.25, 0.3) is 0 Å². The molecule has 0 aliphatic carbocycles. The van der Waals surface area contributed by atoms with E-state index in [0.29, 0.717) is 17.2 Å². The first-order valence-corrected chi connectivity index (χ1v) is 11.1. The Bertz CT molecular complexity index is 1300. The number of hydrogen-bond acceptors (Lipinski definition) is 7. The molecule has 32 heavy (non-hydrogen) atoms. The third-order valence-corrected chi connectivity index (χ3v) is 6.23. The average molecular weight is 451 g/mol. The number of fused-ring (bicyclic) bond motifs is 1. The van der Waals surface area contributed by atoms with Crippen molar-refractivity contribution in [3.05, 3.63) is 75.1 Å². The molecule has 0 atom stereocenters. The van der Waals surface area contributed by atoms with Gasteiger partial charge in [-0.3, -0.25) is 4.90 Å². The molecule has 3 heterocycles. The fourth-order valence-electron chi connectivity index (χ4n) is 4.15. The Hall–Kier alpha value is -3.23. The highest BCUT2D eigenvalue weighted by atomic mass is 35.5. The van der Waals surface area contributed by atoms with E-state index in [2.05, 4.69) is 25.3 Å². The van der Waals surface area contributed by atoms with Gasteiger partial charge in [-0.1, -0.05) is 41.8 Å².